The molecule has 1 fully saturated rings. The number of anilines is 2. The van der Waals surface area contributed by atoms with E-state index in [0.29, 0.717) is 42.4 Å². The number of carbonyl (C=O) groups is 1. The molecule has 218 valence electrons. The molecule has 6 rings (SSSR count). The van der Waals surface area contributed by atoms with Crippen molar-refractivity contribution < 1.29 is 19.4 Å². The minimum absolute atomic E-state index is 0.155. The third-order valence-electron chi connectivity index (χ3n) is 6.67. The van der Waals surface area contributed by atoms with Crippen LogP contribution in [0.3, 0.4) is 0 Å². The smallest absolute Gasteiger partial charge is 0.293 e. The van der Waals surface area contributed by atoms with Gasteiger partial charge in [0.05, 0.1) is 25.4 Å². The summed E-state index contributed by atoms with van der Waals surface area (Å²) in [5.74, 6) is 1.00. The number of fused-ring (bicyclic) bond motifs is 1. The van der Waals surface area contributed by atoms with Crippen LogP contribution in [0.1, 0.15) is 29.4 Å². The summed E-state index contributed by atoms with van der Waals surface area (Å²) in [7, 11) is 3.52. The van der Waals surface area contributed by atoms with Gasteiger partial charge in [-0.3, -0.25) is 9.36 Å². The second-order valence-electron chi connectivity index (χ2n) is 9.68. The van der Waals surface area contributed by atoms with Crippen LogP contribution in [-0.4, -0.2) is 79.6 Å². The van der Waals surface area contributed by atoms with Gasteiger partial charge in [0, 0.05) is 36.3 Å². The molecule has 0 radical (unpaired) electrons. The highest BCUT2D eigenvalue weighted by Crippen LogP contribution is 2.40. The molecular formula is C25H27IN12O4. The van der Waals surface area contributed by atoms with E-state index in [1.807, 2.05) is 36.0 Å². The molecule has 1 aliphatic rings. The third kappa shape index (κ3) is 5.74. The number of imidazole rings is 2. The lowest BCUT2D eigenvalue weighted by atomic mass is 10.1. The van der Waals surface area contributed by atoms with E-state index >= 15 is 0 Å². The van der Waals surface area contributed by atoms with E-state index in [0.717, 1.165) is 14.8 Å². The number of rotatable bonds is 11. The molecule has 0 spiro atoms. The summed E-state index contributed by atoms with van der Waals surface area (Å²) in [6.07, 6.45) is 1.54. The first-order chi connectivity index (χ1) is 20.4. The highest BCUT2D eigenvalue weighted by molar-refractivity contribution is 14.1. The van der Waals surface area contributed by atoms with Gasteiger partial charge in [0.2, 0.25) is 11.8 Å². The lowest BCUT2D eigenvalue weighted by Crippen LogP contribution is -2.32. The van der Waals surface area contributed by atoms with Crippen molar-refractivity contribution >= 4 is 52.0 Å². The van der Waals surface area contributed by atoms with E-state index in [-0.39, 0.29) is 12.3 Å². The van der Waals surface area contributed by atoms with Gasteiger partial charge in [-0.05, 0) is 45.5 Å². The van der Waals surface area contributed by atoms with E-state index in [1.165, 1.54) is 11.1 Å². The van der Waals surface area contributed by atoms with Crippen LogP contribution in [0.25, 0.3) is 11.2 Å². The molecule has 5 heterocycles. The van der Waals surface area contributed by atoms with Crippen LogP contribution in [-0.2, 0) is 41.3 Å². The topological polar surface area (TPSA) is 185 Å². The number of hydrogen-bond donors (Lipinski definition) is 3. The fourth-order valence-corrected chi connectivity index (χ4v) is 5.35. The second kappa shape index (κ2) is 11.9. The minimum Gasteiger partial charge on any atom is -0.457 e. The van der Waals surface area contributed by atoms with Gasteiger partial charge in [-0.25, -0.2) is 9.97 Å². The molecule has 3 N–H and O–H groups in total. The molecule has 0 bridgehead atoms. The van der Waals surface area contributed by atoms with Crippen LogP contribution in [0, 0.1) is 3.57 Å². The molecule has 0 amide bonds. The Hall–Kier alpha value is -4.23. The molecule has 0 unspecified atom stereocenters. The Labute approximate surface area is 252 Å². The fourth-order valence-electron chi connectivity index (χ4n) is 4.75. The molecule has 42 heavy (non-hydrogen) atoms. The van der Waals surface area contributed by atoms with Gasteiger partial charge in [0.25, 0.3) is 6.47 Å². The maximum atomic E-state index is 11.4. The summed E-state index contributed by atoms with van der Waals surface area (Å²) in [5, 5.41) is 29.6. The largest absolute Gasteiger partial charge is 0.457 e. The summed E-state index contributed by atoms with van der Waals surface area (Å²) < 4.78 is 16.0. The van der Waals surface area contributed by atoms with Crippen LogP contribution in [0.4, 0.5) is 11.8 Å². The summed E-state index contributed by atoms with van der Waals surface area (Å²) in [4.78, 5) is 31.0. The number of aliphatic hydroxyl groups is 1. The van der Waals surface area contributed by atoms with Gasteiger partial charge >= 0.3 is 0 Å². The number of halogens is 1. The predicted molar refractivity (Wildman–Crippen MR) is 156 cm³/mol. The zero-order valence-corrected chi connectivity index (χ0v) is 24.7. The molecule has 4 atom stereocenters. The van der Waals surface area contributed by atoms with E-state index in [1.54, 1.807) is 17.9 Å². The Bertz CT molecular complexity index is 1700. The minimum atomic E-state index is -1.27. The molecule has 1 aliphatic heterocycles. The first-order valence-electron chi connectivity index (χ1n) is 13.0. The predicted octanol–water partition coefficient (Wildman–Crippen LogP) is 1.13. The van der Waals surface area contributed by atoms with Crippen molar-refractivity contribution in [2.24, 2.45) is 14.1 Å². The Kier molecular flexibility index (Phi) is 7.94. The number of tetrazole rings is 1. The number of benzene rings is 1. The molecular weight excluding hydrogens is 659 g/mol. The Morgan fingerprint density at radius 3 is 2.81 bits per heavy atom. The summed E-state index contributed by atoms with van der Waals surface area (Å²) >= 11 is 2.27. The average molecular weight is 686 g/mol. The highest BCUT2D eigenvalue weighted by Gasteiger charge is 2.49. The van der Waals surface area contributed by atoms with Crippen molar-refractivity contribution in [2.75, 3.05) is 17.2 Å². The monoisotopic (exact) mass is 686 g/mol. The van der Waals surface area contributed by atoms with Gasteiger partial charge in [-0.1, -0.05) is 12.1 Å². The SMILES string of the molecule is Cn1cnc(CCNc2nc(NCc3cccc(I)c3)c3ncn([C@@H]4O[C@H](c5nnn(C)n5)[C@H](O)[C@H]4OC=O)c3n2)c1. The molecule has 0 aliphatic carbocycles. The van der Waals surface area contributed by atoms with Crippen LogP contribution in [0.2, 0.25) is 0 Å². The summed E-state index contributed by atoms with van der Waals surface area (Å²) in [6.45, 7) is 1.30. The Morgan fingerprint density at radius 1 is 1.19 bits per heavy atom. The van der Waals surface area contributed by atoms with Crippen LogP contribution >= 0.6 is 22.6 Å². The van der Waals surface area contributed by atoms with E-state index in [9.17, 15) is 9.90 Å². The van der Waals surface area contributed by atoms with Crippen molar-refractivity contribution in [2.45, 2.75) is 37.5 Å². The van der Waals surface area contributed by atoms with Gasteiger partial charge in [0.1, 0.15) is 6.10 Å². The Balaban J connectivity index is 1.33. The first kappa shape index (κ1) is 27.9. The number of aryl methyl sites for hydroxylation is 2. The van der Waals surface area contributed by atoms with Crippen molar-refractivity contribution in [3.8, 4) is 0 Å². The quantitative estimate of drug-likeness (QED) is 0.133. The van der Waals surface area contributed by atoms with Crippen molar-refractivity contribution in [3.05, 3.63) is 63.8 Å². The van der Waals surface area contributed by atoms with E-state index in [4.69, 9.17) is 19.4 Å². The van der Waals surface area contributed by atoms with Crippen LogP contribution in [0.15, 0.2) is 43.1 Å². The number of hydrogen-bond acceptors (Lipinski definition) is 13. The summed E-state index contributed by atoms with van der Waals surface area (Å²) in [5.41, 5.74) is 2.87. The lowest BCUT2D eigenvalue weighted by molar-refractivity contribution is -0.142. The van der Waals surface area contributed by atoms with E-state index < -0.39 is 24.5 Å². The number of aliphatic hydroxyl groups excluding tert-OH is 1. The Morgan fingerprint density at radius 2 is 2.07 bits per heavy atom. The standard InChI is InChI=1S/C25H27IN12O4/c1-36-10-16(29-11-36)6-7-27-25-31-21(28-9-14-4-3-5-15(26)8-14)17-23(32-25)38(12-30-17)24-20(41-13-39)18(40)19(42-24)22-33-35-37(2)34-22/h3-5,8,10-13,18-20,24,40H,6-7,9H2,1-2H3,(H2,27,28,31,32)/t18-,19-,20+,24+/m0/s1. The first-order valence-corrected chi connectivity index (χ1v) is 14.1. The molecule has 1 saturated heterocycles. The molecule has 4 aromatic heterocycles. The van der Waals surface area contributed by atoms with Gasteiger partial charge in [0.15, 0.2) is 35.4 Å². The molecule has 0 saturated carbocycles. The molecule has 16 nitrogen and oxygen atoms in total. The molecule has 17 heteroatoms. The molecule has 1 aromatic carbocycles. The summed E-state index contributed by atoms with van der Waals surface area (Å²) in [6, 6.07) is 8.11. The average Bonchev–Trinajstić information content (AvgIpc) is 3.76. The van der Waals surface area contributed by atoms with Gasteiger partial charge in [-0.15, -0.1) is 10.2 Å². The van der Waals surface area contributed by atoms with Crippen LogP contribution in [0.5, 0.6) is 0 Å². The zero-order chi connectivity index (χ0) is 29.2. The zero-order valence-electron chi connectivity index (χ0n) is 22.6. The number of ether oxygens (including phenoxy) is 2. The second-order valence-corrected chi connectivity index (χ2v) is 10.9. The van der Waals surface area contributed by atoms with Crippen molar-refractivity contribution in [3.63, 3.8) is 0 Å². The normalized spacial score (nSPS) is 20.2. The van der Waals surface area contributed by atoms with Gasteiger partial charge in [-0.2, -0.15) is 14.8 Å². The maximum absolute atomic E-state index is 11.4. The number of carbonyl (C=O) groups excluding carboxylic acids is 1. The number of aromatic nitrogens is 10. The number of nitrogens with zero attached hydrogens (tertiary/aromatic N) is 10. The van der Waals surface area contributed by atoms with Crippen LogP contribution < -0.4 is 10.6 Å². The molecule has 5 aromatic rings. The highest BCUT2D eigenvalue weighted by atomic mass is 127. The van der Waals surface area contributed by atoms with Gasteiger partial charge < -0.3 is 29.8 Å². The number of nitrogens with one attached hydrogen (secondary N) is 2. The maximum Gasteiger partial charge on any atom is 0.293 e. The van der Waals surface area contributed by atoms with E-state index in [2.05, 4.69) is 64.7 Å². The third-order valence-corrected chi connectivity index (χ3v) is 7.34. The lowest BCUT2D eigenvalue weighted by Gasteiger charge is -2.20. The van der Waals surface area contributed by atoms with Crippen molar-refractivity contribution in [1.82, 2.24) is 49.3 Å². The van der Waals surface area contributed by atoms with Crippen molar-refractivity contribution in [1.29, 1.82) is 0 Å². The fraction of sp³-hybridized carbons (Fsp3) is 0.360.